The molecule has 1 N–H and O–H groups in total. The van der Waals surface area contributed by atoms with Gasteiger partial charge < -0.3 is 14.8 Å². The second-order valence-electron chi connectivity index (χ2n) is 7.98. The first-order chi connectivity index (χ1) is 15.6. The summed E-state index contributed by atoms with van der Waals surface area (Å²) in [7, 11) is 0. The van der Waals surface area contributed by atoms with Gasteiger partial charge in [0.2, 0.25) is 5.91 Å². The molecule has 0 saturated heterocycles. The van der Waals surface area contributed by atoms with E-state index in [0.717, 1.165) is 41.6 Å². The number of thioether (sulfide) groups is 1. The highest BCUT2D eigenvalue weighted by atomic mass is 32.2. The number of nitrogens with zero attached hydrogens (tertiary/aromatic N) is 2. The van der Waals surface area contributed by atoms with Crippen LogP contribution in [0.4, 0.5) is 0 Å². The van der Waals surface area contributed by atoms with Crippen molar-refractivity contribution < 1.29 is 14.3 Å². The second kappa shape index (κ2) is 9.15. The first kappa shape index (κ1) is 21.3. The normalized spacial score (nSPS) is 16.8. The third-order valence-electron chi connectivity index (χ3n) is 5.66. The van der Waals surface area contributed by atoms with E-state index in [2.05, 4.69) is 5.32 Å². The number of thiophene rings is 1. The summed E-state index contributed by atoms with van der Waals surface area (Å²) in [5.41, 5.74) is 1.23. The first-order valence-corrected chi connectivity index (χ1v) is 12.8. The van der Waals surface area contributed by atoms with Crippen molar-refractivity contribution in [2.75, 3.05) is 18.9 Å². The van der Waals surface area contributed by atoms with Gasteiger partial charge in [0.05, 0.1) is 17.7 Å². The number of ether oxygens (including phenoxy) is 2. The zero-order chi connectivity index (χ0) is 22.1. The minimum Gasteiger partial charge on any atom is -0.486 e. The Hall–Kier alpha value is -2.52. The Morgan fingerprint density at radius 1 is 1.31 bits per heavy atom. The maximum absolute atomic E-state index is 13.2. The number of benzene rings is 1. The summed E-state index contributed by atoms with van der Waals surface area (Å²) in [6.45, 7) is 3.39. The van der Waals surface area contributed by atoms with Gasteiger partial charge in [-0.25, -0.2) is 4.98 Å². The van der Waals surface area contributed by atoms with E-state index >= 15 is 0 Å². The van der Waals surface area contributed by atoms with Gasteiger partial charge in [-0.15, -0.1) is 11.3 Å². The highest BCUT2D eigenvalue weighted by Gasteiger charge is 2.24. The van der Waals surface area contributed by atoms with Gasteiger partial charge in [-0.2, -0.15) is 0 Å². The molecule has 32 heavy (non-hydrogen) atoms. The summed E-state index contributed by atoms with van der Waals surface area (Å²) in [5, 5.41) is 4.32. The van der Waals surface area contributed by atoms with Crippen LogP contribution in [0.25, 0.3) is 10.2 Å². The maximum Gasteiger partial charge on any atom is 0.263 e. The van der Waals surface area contributed by atoms with E-state index in [4.69, 9.17) is 14.5 Å². The lowest BCUT2D eigenvalue weighted by Crippen LogP contribution is -2.41. The van der Waals surface area contributed by atoms with E-state index in [1.165, 1.54) is 22.2 Å². The van der Waals surface area contributed by atoms with E-state index < -0.39 is 0 Å². The van der Waals surface area contributed by atoms with Gasteiger partial charge in [-0.3, -0.25) is 14.2 Å². The number of aryl methyl sites for hydroxylation is 2. The van der Waals surface area contributed by atoms with Crippen molar-refractivity contribution in [1.82, 2.24) is 14.9 Å². The van der Waals surface area contributed by atoms with Gasteiger partial charge in [0.15, 0.2) is 16.7 Å². The molecule has 3 heterocycles. The summed E-state index contributed by atoms with van der Waals surface area (Å²) in [5.74, 6) is 1.48. The van der Waals surface area contributed by atoms with Gasteiger partial charge in [0, 0.05) is 11.4 Å². The second-order valence-corrected chi connectivity index (χ2v) is 10.0. The topological polar surface area (TPSA) is 82.5 Å². The molecule has 5 rings (SSSR count). The van der Waals surface area contributed by atoms with E-state index in [0.29, 0.717) is 30.6 Å². The average molecular weight is 472 g/mol. The number of carbonyl (C=O) groups is 1. The van der Waals surface area contributed by atoms with Crippen LogP contribution >= 0.6 is 23.1 Å². The Balaban J connectivity index is 1.24. The molecule has 1 aromatic carbocycles. The number of aromatic nitrogens is 2. The lowest BCUT2D eigenvalue weighted by Gasteiger charge is -2.26. The smallest absolute Gasteiger partial charge is 0.263 e. The van der Waals surface area contributed by atoms with Crippen LogP contribution in [0.2, 0.25) is 0 Å². The molecule has 2 aromatic heterocycles. The van der Waals surface area contributed by atoms with E-state index in [1.807, 2.05) is 31.2 Å². The van der Waals surface area contributed by atoms with Crippen molar-refractivity contribution >= 4 is 39.2 Å². The first-order valence-electron chi connectivity index (χ1n) is 11.0. The van der Waals surface area contributed by atoms with Crippen molar-refractivity contribution in [1.29, 1.82) is 0 Å². The molecule has 0 bridgehead atoms. The number of hydrogen-bond acceptors (Lipinski definition) is 7. The zero-order valence-electron chi connectivity index (χ0n) is 17.9. The lowest BCUT2D eigenvalue weighted by atomic mass is 10.2. The molecule has 0 unspecified atom stereocenters. The molecular formula is C23H25N3O4S2. The quantitative estimate of drug-likeness (QED) is 0.420. The van der Waals surface area contributed by atoms with Crippen LogP contribution in [0.1, 0.15) is 30.2 Å². The number of rotatable bonds is 7. The predicted octanol–water partition coefficient (Wildman–Crippen LogP) is 3.41. The summed E-state index contributed by atoms with van der Waals surface area (Å²) in [4.78, 5) is 32.6. The van der Waals surface area contributed by atoms with E-state index in [-0.39, 0.29) is 23.3 Å². The SMILES string of the molecule is CCCn1c(SCC(=O)NC[C@@H]2COc3ccccc3O2)nc2sc3c(c2c1=O)CCC3. The van der Waals surface area contributed by atoms with Crippen LogP contribution in [0.15, 0.2) is 34.2 Å². The molecule has 1 amide bonds. The Morgan fingerprint density at radius 2 is 2.16 bits per heavy atom. The van der Waals surface area contributed by atoms with Crippen LogP contribution in [-0.4, -0.2) is 40.5 Å². The molecule has 1 aliphatic carbocycles. The Bertz CT molecular complexity index is 1220. The molecule has 0 fully saturated rings. The molecule has 168 valence electrons. The van der Waals surface area contributed by atoms with Crippen molar-refractivity contribution in [2.24, 2.45) is 0 Å². The van der Waals surface area contributed by atoms with Crippen molar-refractivity contribution in [2.45, 2.75) is 50.4 Å². The molecule has 1 atom stereocenters. The number of hydrogen-bond donors (Lipinski definition) is 1. The maximum atomic E-state index is 13.2. The number of nitrogens with one attached hydrogen (secondary N) is 1. The molecule has 2 aliphatic rings. The van der Waals surface area contributed by atoms with Crippen molar-refractivity contribution in [3.05, 3.63) is 45.1 Å². The highest BCUT2D eigenvalue weighted by molar-refractivity contribution is 7.99. The minimum absolute atomic E-state index is 0.0329. The highest BCUT2D eigenvalue weighted by Crippen LogP contribution is 2.35. The van der Waals surface area contributed by atoms with Gasteiger partial charge in [-0.1, -0.05) is 30.8 Å². The molecule has 9 heteroatoms. The van der Waals surface area contributed by atoms with Crippen molar-refractivity contribution in [3.8, 4) is 11.5 Å². The minimum atomic E-state index is -0.236. The Kier molecular flexibility index (Phi) is 6.10. The van der Waals surface area contributed by atoms with E-state index in [9.17, 15) is 9.59 Å². The van der Waals surface area contributed by atoms with Crippen LogP contribution in [0.3, 0.4) is 0 Å². The van der Waals surface area contributed by atoms with Gasteiger partial charge in [0.25, 0.3) is 5.56 Å². The largest absolute Gasteiger partial charge is 0.486 e. The standard InChI is InChI=1S/C23H25N3O4S2/c1-2-10-26-22(28)20-15-6-5-9-18(15)32-21(20)25-23(26)31-13-19(27)24-11-14-12-29-16-7-3-4-8-17(16)30-14/h3-4,7-8,14H,2,5-6,9-13H2,1H3,(H,24,27)/t14-/m1/s1. The Morgan fingerprint density at radius 3 is 3.00 bits per heavy atom. The monoisotopic (exact) mass is 471 g/mol. The number of fused-ring (bicyclic) bond motifs is 4. The molecule has 3 aromatic rings. The Labute approximate surface area is 194 Å². The van der Waals surface area contributed by atoms with Crippen LogP contribution < -0.4 is 20.3 Å². The molecule has 1 aliphatic heterocycles. The molecule has 0 radical (unpaired) electrons. The molecule has 0 saturated carbocycles. The van der Waals surface area contributed by atoms with Crippen LogP contribution in [-0.2, 0) is 24.2 Å². The van der Waals surface area contributed by atoms with Gasteiger partial charge in [0.1, 0.15) is 17.5 Å². The summed E-state index contributed by atoms with van der Waals surface area (Å²) in [6, 6.07) is 7.51. The van der Waals surface area contributed by atoms with Gasteiger partial charge in [-0.05, 0) is 43.4 Å². The van der Waals surface area contributed by atoms with Crippen molar-refractivity contribution in [3.63, 3.8) is 0 Å². The number of amides is 1. The fourth-order valence-electron chi connectivity index (χ4n) is 4.16. The number of para-hydroxylation sites is 2. The summed E-state index contributed by atoms with van der Waals surface area (Å²) in [6.07, 6.45) is 3.71. The predicted molar refractivity (Wildman–Crippen MR) is 126 cm³/mol. The fourth-order valence-corrected chi connectivity index (χ4v) is 6.32. The molecular weight excluding hydrogens is 446 g/mol. The van der Waals surface area contributed by atoms with E-state index in [1.54, 1.807) is 15.9 Å². The van der Waals surface area contributed by atoms with Crippen LogP contribution in [0, 0.1) is 0 Å². The molecule has 0 spiro atoms. The summed E-state index contributed by atoms with van der Waals surface area (Å²) >= 11 is 2.94. The zero-order valence-corrected chi connectivity index (χ0v) is 19.5. The fraction of sp³-hybridized carbons (Fsp3) is 0.435. The number of carbonyl (C=O) groups excluding carboxylic acids is 1. The lowest BCUT2D eigenvalue weighted by molar-refractivity contribution is -0.119. The third-order valence-corrected chi connectivity index (χ3v) is 7.83. The summed E-state index contributed by atoms with van der Waals surface area (Å²) < 4.78 is 13.3. The molecule has 7 nitrogen and oxygen atoms in total. The third kappa shape index (κ3) is 4.11. The van der Waals surface area contributed by atoms with Gasteiger partial charge >= 0.3 is 0 Å². The average Bonchev–Trinajstić information content (AvgIpc) is 3.39. The van der Waals surface area contributed by atoms with Crippen LogP contribution in [0.5, 0.6) is 11.5 Å².